The number of amides is 1. The highest BCUT2D eigenvalue weighted by Crippen LogP contribution is 2.16. The molecule has 0 atom stereocenters. The van der Waals surface area contributed by atoms with Crippen LogP contribution in [0.1, 0.15) is 6.92 Å². The van der Waals surface area contributed by atoms with E-state index in [0.717, 1.165) is 5.75 Å². The Bertz CT molecular complexity index is 518. The molecule has 21 heavy (non-hydrogen) atoms. The third-order valence-electron chi connectivity index (χ3n) is 2.49. The molecule has 1 amide bonds. The lowest BCUT2D eigenvalue weighted by molar-refractivity contribution is -0.112. The summed E-state index contributed by atoms with van der Waals surface area (Å²) in [7, 11) is 1.58. The fraction of sp³-hybridized carbons (Fsp3) is 0.333. The summed E-state index contributed by atoms with van der Waals surface area (Å²) in [5, 5.41) is 14.5. The lowest BCUT2D eigenvalue weighted by atomic mass is 10.2. The van der Waals surface area contributed by atoms with Crippen molar-refractivity contribution in [2.75, 3.05) is 32.2 Å². The molecule has 0 bridgehead atoms. The van der Waals surface area contributed by atoms with E-state index >= 15 is 0 Å². The summed E-state index contributed by atoms with van der Waals surface area (Å²) in [4.78, 5) is 11.9. The second kappa shape index (κ2) is 9.39. The normalized spacial score (nSPS) is 10.6. The monoisotopic (exact) mass is 289 g/mol. The molecule has 0 fully saturated rings. The van der Waals surface area contributed by atoms with Gasteiger partial charge in [0.25, 0.3) is 5.91 Å². The van der Waals surface area contributed by atoms with Gasteiger partial charge >= 0.3 is 0 Å². The minimum atomic E-state index is -0.466. The van der Waals surface area contributed by atoms with Gasteiger partial charge in [-0.05, 0) is 31.2 Å². The molecule has 0 unspecified atom stereocenters. The summed E-state index contributed by atoms with van der Waals surface area (Å²) in [6, 6.07) is 8.80. The van der Waals surface area contributed by atoms with Crippen LogP contribution in [-0.4, -0.2) is 32.8 Å². The zero-order valence-electron chi connectivity index (χ0n) is 12.2. The topological polar surface area (TPSA) is 83.4 Å². The first-order chi connectivity index (χ1) is 10.2. The highest BCUT2D eigenvalue weighted by molar-refractivity contribution is 6.06. The molecule has 1 aromatic rings. The molecule has 0 saturated carbocycles. The molecule has 0 aliphatic heterocycles. The summed E-state index contributed by atoms with van der Waals surface area (Å²) in [6.45, 7) is 3.50. The smallest absolute Gasteiger partial charge is 0.267 e. The van der Waals surface area contributed by atoms with Crippen LogP contribution in [0.25, 0.3) is 0 Å². The third kappa shape index (κ3) is 5.97. The maximum absolute atomic E-state index is 11.9. The quantitative estimate of drug-likeness (QED) is 0.432. The molecular formula is C15H19N3O3. The number of hydrogen-bond donors (Lipinski definition) is 2. The Morgan fingerprint density at radius 3 is 2.67 bits per heavy atom. The Morgan fingerprint density at radius 2 is 2.10 bits per heavy atom. The van der Waals surface area contributed by atoms with Crippen LogP contribution in [0.3, 0.4) is 0 Å². The maximum Gasteiger partial charge on any atom is 0.267 e. The van der Waals surface area contributed by atoms with Crippen molar-refractivity contribution in [1.29, 1.82) is 5.26 Å². The van der Waals surface area contributed by atoms with Gasteiger partial charge in [0.2, 0.25) is 0 Å². The molecular weight excluding hydrogens is 270 g/mol. The lowest BCUT2D eigenvalue weighted by Gasteiger charge is -2.07. The fourth-order valence-corrected chi connectivity index (χ4v) is 1.48. The van der Waals surface area contributed by atoms with Crippen LogP contribution < -0.4 is 15.4 Å². The first kappa shape index (κ1) is 16.5. The molecule has 0 aliphatic carbocycles. The van der Waals surface area contributed by atoms with E-state index in [0.29, 0.717) is 25.4 Å². The summed E-state index contributed by atoms with van der Waals surface area (Å²) >= 11 is 0. The fourth-order valence-electron chi connectivity index (χ4n) is 1.48. The molecule has 2 N–H and O–H groups in total. The van der Waals surface area contributed by atoms with Crippen LogP contribution in [0.15, 0.2) is 36.0 Å². The maximum atomic E-state index is 11.9. The summed E-state index contributed by atoms with van der Waals surface area (Å²) in [5.41, 5.74) is 0.599. The lowest BCUT2D eigenvalue weighted by Crippen LogP contribution is -2.18. The van der Waals surface area contributed by atoms with Crippen LogP contribution in [0.5, 0.6) is 5.75 Å². The highest BCUT2D eigenvalue weighted by atomic mass is 16.5. The molecule has 0 radical (unpaired) electrons. The van der Waals surface area contributed by atoms with Gasteiger partial charge in [0.05, 0.1) is 13.2 Å². The van der Waals surface area contributed by atoms with Crippen LogP contribution in [-0.2, 0) is 9.53 Å². The molecule has 6 heteroatoms. The first-order valence-corrected chi connectivity index (χ1v) is 6.58. The van der Waals surface area contributed by atoms with Crippen molar-refractivity contribution >= 4 is 11.6 Å². The van der Waals surface area contributed by atoms with E-state index in [4.69, 9.17) is 14.7 Å². The Kier molecular flexibility index (Phi) is 7.40. The number of benzene rings is 1. The van der Waals surface area contributed by atoms with Crippen LogP contribution >= 0.6 is 0 Å². The van der Waals surface area contributed by atoms with Gasteiger partial charge < -0.3 is 20.1 Å². The van der Waals surface area contributed by atoms with Gasteiger partial charge in [-0.1, -0.05) is 0 Å². The number of nitrogens with one attached hydrogen (secondary N) is 2. The Hall–Kier alpha value is -2.52. The van der Waals surface area contributed by atoms with E-state index < -0.39 is 5.91 Å². The number of carbonyl (C=O) groups excluding carboxylic acids is 1. The molecule has 1 aromatic carbocycles. The minimum absolute atomic E-state index is 0.0000113. The van der Waals surface area contributed by atoms with Crippen LogP contribution in [0, 0.1) is 11.3 Å². The molecule has 0 saturated heterocycles. The van der Waals surface area contributed by atoms with Crippen molar-refractivity contribution in [3.05, 3.63) is 36.0 Å². The largest absolute Gasteiger partial charge is 0.494 e. The van der Waals surface area contributed by atoms with Gasteiger partial charge in [-0.2, -0.15) is 5.26 Å². The standard InChI is InChI=1S/C15H19N3O3/c1-3-21-14-6-4-13(5-7-14)18-15(19)12(10-16)11-17-8-9-20-2/h4-7,11,17H,3,8-9H2,1-2H3,(H,18,19)/b12-11-. The molecule has 1 rings (SSSR count). The average Bonchev–Trinajstić information content (AvgIpc) is 2.49. The van der Waals surface area contributed by atoms with Crippen LogP contribution in [0.4, 0.5) is 5.69 Å². The first-order valence-electron chi connectivity index (χ1n) is 6.58. The van der Waals surface area contributed by atoms with Crippen molar-refractivity contribution in [3.8, 4) is 11.8 Å². The van der Waals surface area contributed by atoms with E-state index in [1.807, 2.05) is 13.0 Å². The van der Waals surface area contributed by atoms with E-state index in [1.165, 1.54) is 6.20 Å². The van der Waals surface area contributed by atoms with Crippen molar-refractivity contribution < 1.29 is 14.3 Å². The van der Waals surface area contributed by atoms with Crippen LogP contribution in [0.2, 0.25) is 0 Å². The van der Waals surface area contributed by atoms with E-state index in [-0.39, 0.29) is 5.57 Å². The highest BCUT2D eigenvalue weighted by Gasteiger charge is 2.09. The van der Waals surface area contributed by atoms with Gasteiger partial charge in [0.1, 0.15) is 17.4 Å². The molecule has 0 aliphatic rings. The molecule has 0 spiro atoms. The summed E-state index contributed by atoms with van der Waals surface area (Å²) in [6.07, 6.45) is 1.38. The second-order valence-electron chi connectivity index (χ2n) is 4.03. The van der Waals surface area contributed by atoms with E-state index in [1.54, 1.807) is 31.4 Å². The van der Waals surface area contributed by atoms with Gasteiger partial charge in [-0.25, -0.2) is 0 Å². The number of carbonyl (C=O) groups is 1. The molecule has 6 nitrogen and oxygen atoms in total. The molecule has 0 heterocycles. The summed E-state index contributed by atoms with van der Waals surface area (Å²) in [5.74, 6) is 0.263. The Labute approximate surface area is 124 Å². The van der Waals surface area contributed by atoms with Crippen molar-refractivity contribution in [1.82, 2.24) is 5.32 Å². The van der Waals surface area contributed by atoms with Crippen molar-refractivity contribution in [2.24, 2.45) is 0 Å². The number of nitriles is 1. The Morgan fingerprint density at radius 1 is 1.38 bits per heavy atom. The zero-order valence-corrected chi connectivity index (χ0v) is 12.2. The minimum Gasteiger partial charge on any atom is -0.494 e. The van der Waals surface area contributed by atoms with E-state index in [2.05, 4.69) is 10.6 Å². The number of hydrogen-bond acceptors (Lipinski definition) is 5. The molecule has 0 aromatic heterocycles. The zero-order chi connectivity index (χ0) is 15.5. The SMILES string of the molecule is CCOc1ccc(NC(=O)/C(C#N)=C\NCCOC)cc1. The van der Waals surface area contributed by atoms with Gasteiger partial charge in [0.15, 0.2) is 0 Å². The predicted octanol–water partition coefficient (Wildman–Crippen LogP) is 1.67. The number of nitrogens with zero attached hydrogens (tertiary/aromatic N) is 1. The Balaban J connectivity index is 2.59. The van der Waals surface area contributed by atoms with Crippen molar-refractivity contribution in [2.45, 2.75) is 6.92 Å². The third-order valence-corrected chi connectivity index (χ3v) is 2.49. The summed E-state index contributed by atoms with van der Waals surface area (Å²) < 4.78 is 10.2. The average molecular weight is 289 g/mol. The van der Waals surface area contributed by atoms with Crippen molar-refractivity contribution in [3.63, 3.8) is 0 Å². The van der Waals surface area contributed by atoms with Gasteiger partial charge in [0, 0.05) is 25.5 Å². The van der Waals surface area contributed by atoms with Gasteiger partial charge in [-0.15, -0.1) is 0 Å². The number of methoxy groups -OCH3 is 1. The predicted molar refractivity (Wildman–Crippen MR) is 79.8 cm³/mol. The van der Waals surface area contributed by atoms with Gasteiger partial charge in [-0.3, -0.25) is 4.79 Å². The number of rotatable bonds is 8. The number of anilines is 1. The van der Waals surface area contributed by atoms with E-state index in [9.17, 15) is 4.79 Å². The second-order valence-corrected chi connectivity index (χ2v) is 4.03. The number of ether oxygens (including phenoxy) is 2. The molecule has 112 valence electrons.